The Morgan fingerprint density at radius 1 is 0.947 bits per heavy atom. The lowest BCUT2D eigenvalue weighted by atomic mass is 10.0. The molecular weight excluding hydrogens is 236 g/mol. The van der Waals surface area contributed by atoms with Crippen molar-refractivity contribution in [2.24, 2.45) is 5.92 Å². The maximum atomic E-state index is 11.9. The molecule has 1 unspecified atom stereocenters. The van der Waals surface area contributed by atoms with E-state index in [1.165, 1.54) is 0 Å². The Morgan fingerprint density at radius 2 is 1.47 bits per heavy atom. The molecule has 0 N–H and O–H groups in total. The van der Waals surface area contributed by atoms with Gasteiger partial charge < -0.3 is 4.74 Å². The minimum absolute atomic E-state index is 0.119. The van der Waals surface area contributed by atoms with E-state index in [2.05, 4.69) is 0 Å². The molecule has 2 aromatic carbocycles. The second-order valence-electron chi connectivity index (χ2n) is 4.68. The zero-order chi connectivity index (χ0) is 13.5. The first-order valence-corrected chi connectivity index (χ1v) is 6.50. The van der Waals surface area contributed by atoms with Gasteiger partial charge in [-0.25, -0.2) is 0 Å². The molecule has 0 saturated carbocycles. The lowest BCUT2D eigenvalue weighted by Crippen LogP contribution is -2.16. The molecule has 0 aliphatic rings. The van der Waals surface area contributed by atoms with Crippen LogP contribution < -0.4 is 0 Å². The first kappa shape index (κ1) is 13.3. The average Bonchev–Trinajstić information content (AvgIpc) is 2.47. The van der Waals surface area contributed by atoms with Crippen LogP contribution in [-0.4, -0.2) is 5.97 Å². The molecule has 19 heavy (non-hydrogen) atoms. The van der Waals surface area contributed by atoms with Crippen LogP contribution in [0, 0.1) is 5.92 Å². The summed E-state index contributed by atoms with van der Waals surface area (Å²) >= 11 is 0. The number of hydrogen-bond donors (Lipinski definition) is 0. The van der Waals surface area contributed by atoms with Crippen LogP contribution in [-0.2, 0) is 22.6 Å². The van der Waals surface area contributed by atoms with Gasteiger partial charge in [0.15, 0.2) is 0 Å². The fourth-order valence-electron chi connectivity index (χ4n) is 1.92. The Balaban J connectivity index is 1.83. The quantitative estimate of drug-likeness (QED) is 0.762. The smallest absolute Gasteiger partial charge is 0.309 e. The van der Waals surface area contributed by atoms with E-state index in [0.717, 1.165) is 11.1 Å². The fourth-order valence-corrected chi connectivity index (χ4v) is 1.92. The molecule has 0 saturated heterocycles. The van der Waals surface area contributed by atoms with Crippen LogP contribution in [0.15, 0.2) is 60.7 Å². The van der Waals surface area contributed by atoms with E-state index in [1.807, 2.05) is 67.6 Å². The zero-order valence-corrected chi connectivity index (χ0v) is 11.1. The third kappa shape index (κ3) is 4.25. The molecule has 0 aliphatic carbocycles. The maximum absolute atomic E-state index is 11.9. The second kappa shape index (κ2) is 6.74. The van der Waals surface area contributed by atoms with Gasteiger partial charge in [-0.3, -0.25) is 4.79 Å². The van der Waals surface area contributed by atoms with Crippen molar-refractivity contribution in [2.45, 2.75) is 20.0 Å². The number of ether oxygens (including phenoxy) is 1. The van der Waals surface area contributed by atoms with Gasteiger partial charge in [0.25, 0.3) is 0 Å². The van der Waals surface area contributed by atoms with E-state index >= 15 is 0 Å². The summed E-state index contributed by atoms with van der Waals surface area (Å²) in [6.45, 7) is 2.25. The monoisotopic (exact) mass is 254 g/mol. The Kier molecular flexibility index (Phi) is 4.73. The van der Waals surface area contributed by atoms with Gasteiger partial charge in [-0.05, 0) is 17.5 Å². The van der Waals surface area contributed by atoms with Gasteiger partial charge in [0.05, 0.1) is 5.92 Å². The van der Waals surface area contributed by atoms with Crippen molar-refractivity contribution in [3.05, 3.63) is 71.8 Å². The Morgan fingerprint density at radius 3 is 2.05 bits per heavy atom. The standard InChI is InChI=1S/C17H18O2/c1-14(12-15-8-4-2-5-9-15)17(18)19-13-16-10-6-3-7-11-16/h2-11,14H,12-13H2,1H3. The predicted octanol–water partition coefficient (Wildman–Crippen LogP) is 3.61. The number of carbonyl (C=O) groups excluding carboxylic acids is 1. The first-order chi connectivity index (χ1) is 9.25. The van der Waals surface area contributed by atoms with E-state index in [4.69, 9.17) is 4.74 Å². The molecule has 2 aromatic rings. The molecule has 98 valence electrons. The van der Waals surface area contributed by atoms with Crippen molar-refractivity contribution in [1.82, 2.24) is 0 Å². The van der Waals surface area contributed by atoms with Crippen molar-refractivity contribution < 1.29 is 9.53 Å². The van der Waals surface area contributed by atoms with E-state index in [9.17, 15) is 4.79 Å². The Bertz CT molecular complexity index is 505. The highest BCUT2D eigenvalue weighted by atomic mass is 16.5. The van der Waals surface area contributed by atoms with Crippen molar-refractivity contribution in [3.63, 3.8) is 0 Å². The van der Waals surface area contributed by atoms with E-state index in [1.54, 1.807) is 0 Å². The van der Waals surface area contributed by atoms with Crippen LogP contribution in [0.5, 0.6) is 0 Å². The van der Waals surface area contributed by atoms with Crippen LogP contribution in [0.4, 0.5) is 0 Å². The topological polar surface area (TPSA) is 26.3 Å². The summed E-state index contributed by atoms with van der Waals surface area (Å²) in [5.74, 6) is -0.265. The molecule has 2 nitrogen and oxygen atoms in total. The normalized spacial score (nSPS) is 11.8. The highest BCUT2D eigenvalue weighted by Gasteiger charge is 2.14. The van der Waals surface area contributed by atoms with Gasteiger partial charge in [-0.2, -0.15) is 0 Å². The molecule has 0 radical (unpaired) electrons. The minimum Gasteiger partial charge on any atom is -0.461 e. The Labute approximate surface area is 114 Å². The van der Waals surface area contributed by atoms with E-state index in [0.29, 0.717) is 13.0 Å². The number of hydrogen-bond acceptors (Lipinski definition) is 2. The van der Waals surface area contributed by atoms with E-state index < -0.39 is 0 Å². The summed E-state index contributed by atoms with van der Waals surface area (Å²) in [6, 6.07) is 19.7. The summed E-state index contributed by atoms with van der Waals surface area (Å²) in [4.78, 5) is 11.9. The van der Waals surface area contributed by atoms with Crippen LogP contribution in [0.2, 0.25) is 0 Å². The van der Waals surface area contributed by atoms with Gasteiger partial charge in [-0.1, -0.05) is 67.6 Å². The second-order valence-corrected chi connectivity index (χ2v) is 4.68. The predicted molar refractivity (Wildman–Crippen MR) is 75.5 cm³/mol. The van der Waals surface area contributed by atoms with Gasteiger partial charge in [0, 0.05) is 0 Å². The molecular formula is C17H18O2. The van der Waals surface area contributed by atoms with E-state index in [-0.39, 0.29) is 11.9 Å². The summed E-state index contributed by atoms with van der Waals surface area (Å²) in [7, 11) is 0. The largest absolute Gasteiger partial charge is 0.461 e. The number of rotatable bonds is 5. The number of benzene rings is 2. The summed E-state index contributed by atoms with van der Waals surface area (Å²) < 4.78 is 5.32. The molecule has 1 atom stereocenters. The molecule has 0 spiro atoms. The fraction of sp³-hybridized carbons (Fsp3) is 0.235. The summed E-state index contributed by atoms with van der Waals surface area (Å²) in [6.07, 6.45) is 0.717. The molecule has 0 aromatic heterocycles. The molecule has 2 rings (SSSR count). The number of esters is 1. The molecule has 2 heteroatoms. The minimum atomic E-state index is -0.146. The third-order valence-corrected chi connectivity index (χ3v) is 3.01. The highest BCUT2D eigenvalue weighted by Crippen LogP contribution is 2.11. The maximum Gasteiger partial charge on any atom is 0.309 e. The molecule has 0 aliphatic heterocycles. The molecule has 0 amide bonds. The van der Waals surface area contributed by atoms with Crippen LogP contribution >= 0.6 is 0 Å². The molecule has 0 heterocycles. The van der Waals surface area contributed by atoms with Crippen molar-refractivity contribution in [2.75, 3.05) is 0 Å². The lowest BCUT2D eigenvalue weighted by Gasteiger charge is -2.11. The lowest BCUT2D eigenvalue weighted by molar-refractivity contribution is -0.149. The number of carbonyl (C=O) groups is 1. The van der Waals surface area contributed by atoms with Crippen LogP contribution in [0.1, 0.15) is 18.1 Å². The third-order valence-electron chi connectivity index (χ3n) is 3.01. The van der Waals surface area contributed by atoms with Crippen LogP contribution in [0.3, 0.4) is 0 Å². The average molecular weight is 254 g/mol. The molecule has 0 bridgehead atoms. The summed E-state index contributed by atoms with van der Waals surface area (Å²) in [5.41, 5.74) is 2.18. The Hall–Kier alpha value is -2.09. The van der Waals surface area contributed by atoms with Crippen molar-refractivity contribution in [1.29, 1.82) is 0 Å². The van der Waals surface area contributed by atoms with Crippen molar-refractivity contribution >= 4 is 5.97 Å². The summed E-state index contributed by atoms with van der Waals surface area (Å²) in [5, 5.41) is 0. The van der Waals surface area contributed by atoms with Gasteiger partial charge in [-0.15, -0.1) is 0 Å². The van der Waals surface area contributed by atoms with Crippen LogP contribution in [0.25, 0.3) is 0 Å². The van der Waals surface area contributed by atoms with Gasteiger partial charge >= 0.3 is 5.97 Å². The van der Waals surface area contributed by atoms with Gasteiger partial charge in [0.1, 0.15) is 6.61 Å². The zero-order valence-electron chi connectivity index (χ0n) is 11.1. The SMILES string of the molecule is CC(Cc1ccccc1)C(=O)OCc1ccccc1. The van der Waals surface area contributed by atoms with Crippen molar-refractivity contribution in [3.8, 4) is 0 Å². The highest BCUT2D eigenvalue weighted by molar-refractivity contribution is 5.72. The van der Waals surface area contributed by atoms with Gasteiger partial charge in [0.2, 0.25) is 0 Å². The molecule has 0 fully saturated rings. The first-order valence-electron chi connectivity index (χ1n) is 6.50.